The predicted octanol–water partition coefficient (Wildman–Crippen LogP) is 4.33. The molecule has 1 aromatic heterocycles. The van der Waals surface area contributed by atoms with Gasteiger partial charge in [-0.1, -0.05) is 50.2 Å². The maximum Gasteiger partial charge on any atom is 0.192 e. The largest absolute Gasteiger partial charge is 0.497 e. The van der Waals surface area contributed by atoms with Gasteiger partial charge in [-0.3, -0.25) is 0 Å². The van der Waals surface area contributed by atoms with E-state index >= 15 is 0 Å². The lowest BCUT2D eigenvalue weighted by molar-refractivity contribution is 0.414. The van der Waals surface area contributed by atoms with Crippen LogP contribution in [0.1, 0.15) is 55.2 Å². The zero-order valence-electron chi connectivity index (χ0n) is 20.6. The van der Waals surface area contributed by atoms with Gasteiger partial charge >= 0.3 is 0 Å². The Morgan fingerprint density at radius 1 is 1.00 bits per heavy atom. The lowest BCUT2D eigenvalue weighted by atomic mass is 10.00. The standard InChI is InChI=1S/C26H36N6O/c1-18(2)15-21-7-11-23(12-8-21)19(3)29-26(28-17-25-31-30-20(4)32(25)5)27-16-22-9-13-24(33-6)14-10-22/h7-14,18-19H,15-17H2,1-6H3,(H2,27,28,29). The van der Waals surface area contributed by atoms with E-state index in [1.807, 2.05) is 42.8 Å². The van der Waals surface area contributed by atoms with Gasteiger partial charge in [0, 0.05) is 7.05 Å². The number of nitrogens with zero attached hydrogens (tertiary/aromatic N) is 4. The van der Waals surface area contributed by atoms with Crippen molar-refractivity contribution in [3.05, 3.63) is 76.9 Å². The fourth-order valence-corrected chi connectivity index (χ4v) is 3.52. The van der Waals surface area contributed by atoms with E-state index in [1.165, 1.54) is 11.1 Å². The number of aromatic nitrogens is 3. The first-order valence-corrected chi connectivity index (χ1v) is 11.5. The van der Waals surface area contributed by atoms with Crippen molar-refractivity contribution in [2.24, 2.45) is 18.0 Å². The molecule has 0 saturated carbocycles. The molecule has 0 aliphatic carbocycles. The van der Waals surface area contributed by atoms with Gasteiger partial charge in [-0.25, -0.2) is 4.99 Å². The van der Waals surface area contributed by atoms with Crippen molar-refractivity contribution in [3.8, 4) is 5.75 Å². The number of nitrogens with one attached hydrogen (secondary N) is 2. The van der Waals surface area contributed by atoms with Crippen molar-refractivity contribution < 1.29 is 4.74 Å². The Labute approximate surface area is 197 Å². The molecule has 2 N–H and O–H groups in total. The average Bonchev–Trinajstić information content (AvgIpc) is 3.13. The summed E-state index contributed by atoms with van der Waals surface area (Å²) in [4.78, 5) is 4.82. The van der Waals surface area contributed by atoms with Gasteiger partial charge in [0.1, 0.15) is 11.6 Å². The van der Waals surface area contributed by atoms with Gasteiger partial charge in [0.25, 0.3) is 0 Å². The minimum Gasteiger partial charge on any atom is -0.497 e. The summed E-state index contributed by atoms with van der Waals surface area (Å²) in [6, 6.07) is 16.9. The molecular weight excluding hydrogens is 412 g/mol. The first kappa shape index (κ1) is 24.3. The minimum absolute atomic E-state index is 0.0986. The first-order valence-electron chi connectivity index (χ1n) is 11.5. The van der Waals surface area contributed by atoms with E-state index in [0.717, 1.165) is 35.3 Å². The Morgan fingerprint density at radius 2 is 1.67 bits per heavy atom. The van der Waals surface area contributed by atoms with Crippen LogP contribution in [0.4, 0.5) is 0 Å². The Bertz CT molecular complexity index is 1040. The van der Waals surface area contributed by atoms with Gasteiger partial charge in [-0.2, -0.15) is 0 Å². The van der Waals surface area contributed by atoms with Crippen LogP contribution in [0.3, 0.4) is 0 Å². The SMILES string of the molecule is COc1ccc(CN=C(NCc2nnc(C)n2C)NC(C)c2ccc(CC(C)C)cc2)cc1. The quantitative estimate of drug-likeness (QED) is 0.376. The van der Waals surface area contributed by atoms with E-state index in [-0.39, 0.29) is 6.04 Å². The number of hydrogen-bond donors (Lipinski definition) is 2. The molecule has 0 fully saturated rings. The molecule has 0 aliphatic heterocycles. The van der Waals surface area contributed by atoms with Gasteiger partial charge < -0.3 is 19.9 Å². The van der Waals surface area contributed by atoms with Crippen molar-refractivity contribution in [3.63, 3.8) is 0 Å². The number of guanidine groups is 1. The highest BCUT2D eigenvalue weighted by Crippen LogP contribution is 2.16. The van der Waals surface area contributed by atoms with Crippen LogP contribution >= 0.6 is 0 Å². The highest BCUT2D eigenvalue weighted by molar-refractivity contribution is 5.80. The molecular formula is C26H36N6O. The van der Waals surface area contributed by atoms with Crippen LogP contribution in [0.15, 0.2) is 53.5 Å². The van der Waals surface area contributed by atoms with Gasteiger partial charge in [-0.15, -0.1) is 10.2 Å². The number of ether oxygens (including phenoxy) is 1. The van der Waals surface area contributed by atoms with E-state index in [0.29, 0.717) is 19.0 Å². The topological polar surface area (TPSA) is 76.4 Å². The van der Waals surface area contributed by atoms with E-state index in [1.54, 1.807) is 7.11 Å². The van der Waals surface area contributed by atoms with Crippen LogP contribution in [-0.4, -0.2) is 27.8 Å². The third-order valence-electron chi connectivity index (χ3n) is 5.65. The number of hydrogen-bond acceptors (Lipinski definition) is 4. The van der Waals surface area contributed by atoms with Gasteiger partial charge in [0.15, 0.2) is 11.8 Å². The van der Waals surface area contributed by atoms with E-state index in [2.05, 4.69) is 65.9 Å². The summed E-state index contributed by atoms with van der Waals surface area (Å²) in [5.41, 5.74) is 3.69. The summed E-state index contributed by atoms with van der Waals surface area (Å²) in [7, 11) is 3.64. The summed E-state index contributed by atoms with van der Waals surface area (Å²) < 4.78 is 7.23. The van der Waals surface area contributed by atoms with Crippen molar-refractivity contribution >= 4 is 5.96 Å². The van der Waals surface area contributed by atoms with Gasteiger partial charge in [-0.05, 0) is 55.0 Å². The molecule has 2 aromatic carbocycles. The molecule has 0 aliphatic rings. The van der Waals surface area contributed by atoms with Crippen molar-refractivity contribution in [2.75, 3.05) is 7.11 Å². The van der Waals surface area contributed by atoms with Crippen LogP contribution in [0.25, 0.3) is 0 Å². The molecule has 1 unspecified atom stereocenters. The molecule has 0 spiro atoms. The Morgan fingerprint density at radius 3 is 2.24 bits per heavy atom. The molecule has 33 heavy (non-hydrogen) atoms. The lowest BCUT2D eigenvalue weighted by Gasteiger charge is -2.19. The fourth-order valence-electron chi connectivity index (χ4n) is 3.52. The zero-order valence-corrected chi connectivity index (χ0v) is 20.6. The number of benzene rings is 2. The Balaban J connectivity index is 1.72. The van der Waals surface area contributed by atoms with Crippen molar-refractivity contribution in [1.29, 1.82) is 0 Å². The summed E-state index contributed by atoms with van der Waals surface area (Å²) >= 11 is 0. The number of rotatable bonds is 9. The van der Waals surface area contributed by atoms with Gasteiger partial charge in [0.05, 0.1) is 26.2 Å². The number of aryl methyl sites for hydroxylation is 1. The second-order valence-electron chi connectivity index (χ2n) is 8.79. The Kier molecular flexibility index (Phi) is 8.46. The molecule has 7 heteroatoms. The van der Waals surface area contributed by atoms with Crippen LogP contribution < -0.4 is 15.4 Å². The highest BCUT2D eigenvalue weighted by Gasteiger charge is 2.11. The van der Waals surface area contributed by atoms with Crippen LogP contribution in [0, 0.1) is 12.8 Å². The first-order chi connectivity index (χ1) is 15.9. The maximum atomic E-state index is 5.25. The summed E-state index contributed by atoms with van der Waals surface area (Å²) in [5, 5.41) is 15.3. The molecule has 0 saturated heterocycles. The molecule has 0 amide bonds. The fraction of sp³-hybridized carbons (Fsp3) is 0.423. The highest BCUT2D eigenvalue weighted by atomic mass is 16.5. The molecule has 0 radical (unpaired) electrons. The second-order valence-corrected chi connectivity index (χ2v) is 8.79. The summed E-state index contributed by atoms with van der Waals surface area (Å²) in [6.07, 6.45) is 1.09. The predicted molar refractivity (Wildman–Crippen MR) is 133 cm³/mol. The monoisotopic (exact) mass is 448 g/mol. The minimum atomic E-state index is 0.0986. The normalized spacial score (nSPS) is 12.6. The molecule has 176 valence electrons. The molecule has 7 nitrogen and oxygen atoms in total. The zero-order chi connectivity index (χ0) is 23.8. The van der Waals surface area contributed by atoms with Crippen LogP contribution in [0.5, 0.6) is 5.75 Å². The molecule has 3 aromatic rings. The summed E-state index contributed by atoms with van der Waals surface area (Å²) in [6.45, 7) is 9.66. The third kappa shape index (κ3) is 7.07. The smallest absolute Gasteiger partial charge is 0.192 e. The second kappa shape index (κ2) is 11.5. The Hall–Kier alpha value is -3.35. The third-order valence-corrected chi connectivity index (χ3v) is 5.65. The lowest BCUT2D eigenvalue weighted by Crippen LogP contribution is -2.39. The molecule has 1 atom stereocenters. The van der Waals surface area contributed by atoms with E-state index in [9.17, 15) is 0 Å². The number of aliphatic imine (C=N–C) groups is 1. The van der Waals surface area contributed by atoms with Crippen LogP contribution in [-0.2, 0) is 26.6 Å². The molecule has 3 rings (SSSR count). The van der Waals surface area contributed by atoms with E-state index < -0.39 is 0 Å². The van der Waals surface area contributed by atoms with Crippen molar-refractivity contribution in [2.45, 2.75) is 53.2 Å². The number of methoxy groups -OCH3 is 1. The average molecular weight is 449 g/mol. The summed E-state index contributed by atoms with van der Waals surface area (Å²) in [5.74, 6) is 3.96. The van der Waals surface area contributed by atoms with Crippen LogP contribution in [0.2, 0.25) is 0 Å². The molecule has 0 bridgehead atoms. The van der Waals surface area contributed by atoms with Gasteiger partial charge in [0.2, 0.25) is 0 Å². The van der Waals surface area contributed by atoms with E-state index in [4.69, 9.17) is 9.73 Å². The maximum absolute atomic E-state index is 5.25. The molecule has 1 heterocycles. The van der Waals surface area contributed by atoms with Crippen molar-refractivity contribution in [1.82, 2.24) is 25.4 Å².